The second-order valence-electron chi connectivity index (χ2n) is 15.0. The first-order chi connectivity index (χ1) is 24.4. The summed E-state index contributed by atoms with van der Waals surface area (Å²) in [7, 11) is 0. The topological polar surface area (TPSA) is 226 Å². The highest BCUT2D eigenvalue weighted by atomic mass is 16.6. The van der Waals surface area contributed by atoms with Crippen LogP contribution in [-0.2, 0) is 35.1 Å². The third-order valence-electron chi connectivity index (χ3n) is 8.00. The first-order valence-corrected chi connectivity index (χ1v) is 18.2. The number of rotatable bonds is 15. The van der Waals surface area contributed by atoms with Crippen LogP contribution in [0, 0.1) is 23.7 Å². The second-order valence-corrected chi connectivity index (χ2v) is 15.0. The van der Waals surface area contributed by atoms with E-state index in [9.17, 15) is 24.0 Å². The van der Waals surface area contributed by atoms with E-state index in [0.717, 1.165) is 5.56 Å². The Morgan fingerprint density at radius 3 is 2.31 bits per heavy atom. The fourth-order valence-electron chi connectivity index (χ4n) is 5.57. The maximum Gasteiger partial charge on any atom is 0.407 e. The van der Waals surface area contributed by atoms with Crippen molar-refractivity contribution in [3.8, 4) is 5.75 Å². The molecule has 1 unspecified atom stereocenters. The number of esters is 1. The number of nitrogens with zero attached hydrogens (tertiary/aromatic N) is 1. The predicted molar refractivity (Wildman–Crippen MR) is 198 cm³/mol. The molecule has 0 spiro atoms. The maximum absolute atomic E-state index is 14.2. The summed E-state index contributed by atoms with van der Waals surface area (Å²) in [5.41, 5.74) is 11.0. The number of ether oxygens (including phenoxy) is 3. The van der Waals surface area contributed by atoms with Crippen LogP contribution in [-0.4, -0.2) is 86.3 Å². The van der Waals surface area contributed by atoms with Crippen LogP contribution in [0.25, 0.3) is 0 Å². The van der Waals surface area contributed by atoms with E-state index in [4.69, 9.17) is 25.7 Å². The SMILES string of the molecule is CC(C)COC(=O)[C@H]1CCCOc2ccc(cc2)CC(C(=O)N[C@@H](CCCN=C(N)N)C(=O)NCCNC(=O)OC(C)(C)C)NC(=O)[C@@H]1CC(C)C. The molecular weight excluding hydrogens is 670 g/mol. The molecule has 2 heterocycles. The van der Waals surface area contributed by atoms with Crippen molar-refractivity contribution in [2.45, 2.75) is 105 Å². The standard InChI is InChI=1S/C37H61N7O8/c1-23(2)20-28-27(34(48)51-22-24(3)4)10-9-19-50-26-14-12-25(13-15-26)21-30(44-31(28)45)33(47)43-29(11-8-16-41-35(38)39)32(46)40-17-18-42-36(49)52-37(5,6)7/h12-15,23-24,27-30H,8-11,16-22H2,1-7H3,(H,40,46)(H,42,49)(H,43,47)(H,44,45)(H4,38,39,41)/t27-,28+,29-,30?/m0/s1. The molecule has 52 heavy (non-hydrogen) atoms. The van der Waals surface area contributed by atoms with Crippen molar-refractivity contribution in [1.82, 2.24) is 21.3 Å². The van der Waals surface area contributed by atoms with Gasteiger partial charge in [0.2, 0.25) is 17.7 Å². The molecule has 1 aromatic carbocycles. The lowest BCUT2D eigenvalue weighted by atomic mass is 9.81. The largest absolute Gasteiger partial charge is 0.494 e. The Bertz CT molecular complexity index is 1340. The van der Waals surface area contributed by atoms with Crippen LogP contribution < -0.4 is 37.5 Å². The molecule has 0 radical (unpaired) electrons. The summed E-state index contributed by atoms with van der Waals surface area (Å²) in [5.74, 6) is -2.78. The van der Waals surface area contributed by atoms with Gasteiger partial charge in [0.05, 0.1) is 25.0 Å². The molecule has 4 atom stereocenters. The molecule has 0 saturated heterocycles. The van der Waals surface area contributed by atoms with Crippen molar-refractivity contribution in [2.75, 3.05) is 32.8 Å². The maximum atomic E-state index is 14.2. The van der Waals surface area contributed by atoms with E-state index in [0.29, 0.717) is 38.0 Å². The quantitative estimate of drug-likeness (QED) is 0.0669. The Labute approximate surface area is 308 Å². The zero-order valence-corrected chi connectivity index (χ0v) is 31.9. The smallest absolute Gasteiger partial charge is 0.407 e. The Morgan fingerprint density at radius 2 is 1.69 bits per heavy atom. The minimum Gasteiger partial charge on any atom is -0.494 e. The van der Waals surface area contributed by atoms with Gasteiger partial charge in [-0.05, 0) is 82.4 Å². The fraction of sp³-hybridized carbons (Fsp3) is 0.676. The summed E-state index contributed by atoms with van der Waals surface area (Å²) >= 11 is 0. The monoisotopic (exact) mass is 731 g/mol. The third kappa shape index (κ3) is 17.1. The summed E-state index contributed by atoms with van der Waals surface area (Å²) in [4.78, 5) is 71.1. The van der Waals surface area contributed by atoms with Crippen LogP contribution >= 0.6 is 0 Å². The van der Waals surface area contributed by atoms with E-state index in [1.54, 1.807) is 32.9 Å². The predicted octanol–water partition coefficient (Wildman–Crippen LogP) is 2.54. The summed E-state index contributed by atoms with van der Waals surface area (Å²) in [5, 5.41) is 11.1. The number of benzene rings is 1. The Balaban J connectivity index is 2.35. The zero-order valence-electron chi connectivity index (χ0n) is 31.9. The molecule has 2 aliphatic rings. The van der Waals surface area contributed by atoms with Crippen molar-refractivity contribution in [3.05, 3.63) is 29.8 Å². The van der Waals surface area contributed by atoms with Gasteiger partial charge in [-0.3, -0.25) is 24.2 Å². The number of guanidine groups is 1. The van der Waals surface area contributed by atoms with Crippen molar-refractivity contribution >= 4 is 35.7 Å². The molecule has 1 aromatic rings. The van der Waals surface area contributed by atoms with Gasteiger partial charge >= 0.3 is 12.1 Å². The highest BCUT2D eigenvalue weighted by Crippen LogP contribution is 2.28. The molecule has 4 amide bonds. The van der Waals surface area contributed by atoms with Crippen LogP contribution in [0.5, 0.6) is 5.75 Å². The molecule has 8 N–H and O–H groups in total. The van der Waals surface area contributed by atoms with Gasteiger partial charge in [-0.15, -0.1) is 0 Å². The van der Waals surface area contributed by atoms with Crippen LogP contribution in [0.2, 0.25) is 0 Å². The van der Waals surface area contributed by atoms with Gasteiger partial charge < -0.3 is 46.9 Å². The number of amides is 4. The molecule has 0 aliphatic carbocycles. The first-order valence-electron chi connectivity index (χ1n) is 18.2. The number of carbonyl (C=O) groups is 5. The summed E-state index contributed by atoms with van der Waals surface area (Å²) in [6.45, 7) is 14.0. The van der Waals surface area contributed by atoms with Gasteiger partial charge in [0.15, 0.2) is 5.96 Å². The number of fused-ring (bicyclic) bond motifs is 11. The second kappa shape index (κ2) is 21.7. The molecule has 15 heteroatoms. The van der Waals surface area contributed by atoms with E-state index in [1.807, 2.05) is 39.8 Å². The summed E-state index contributed by atoms with van der Waals surface area (Å²) < 4.78 is 16.8. The minimum absolute atomic E-state index is 0.0634. The van der Waals surface area contributed by atoms with Crippen molar-refractivity contribution in [3.63, 3.8) is 0 Å². The fourth-order valence-corrected chi connectivity index (χ4v) is 5.57. The van der Waals surface area contributed by atoms with E-state index in [2.05, 4.69) is 26.3 Å². The third-order valence-corrected chi connectivity index (χ3v) is 8.00. The molecule has 3 rings (SSSR count). The Hall–Kier alpha value is -4.56. The molecule has 292 valence electrons. The number of hydrogen-bond acceptors (Lipinski definition) is 9. The normalized spacial score (nSPS) is 18.6. The molecule has 0 aromatic heterocycles. The summed E-state index contributed by atoms with van der Waals surface area (Å²) in [6, 6.07) is 5.11. The molecule has 15 nitrogen and oxygen atoms in total. The minimum atomic E-state index is -1.09. The highest BCUT2D eigenvalue weighted by molar-refractivity contribution is 5.93. The van der Waals surface area contributed by atoms with Crippen LogP contribution in [0.15, 0.2) is 29.3 Å². The van der Waals surface area contributed by atoms with Crippen molar-refractivity contribution < 1.29 is 38.2 Å². The van der Waals surface area contributed by atoms with Crippen molar-refractivity contribution in [1.29, 1.82) is 0 Å². The van der Waals surface area contributed by atoms with Gasteiger partial charge in [-0.2, -0.15) is 0 Å². The van der Waals surface area contributed by atoms with E-state index >= 15 is 0 Å². The van der Waals surface area contributed by atoms with Gasteiger partial charge in [-0.25, -0.2) is 4.79 Å². The first kappa shape index (κ1) is 43.6. The lowest BCUT2D eigenvalue weighted by Crippen LogP contribution is -2.56. The van der Waals surface area contributed by atoms with Crippen molar-refractivity contribution in [2.24, 2.45) is 40.1 Å². The lowest BCUT2D eigenvalue weighted by molar-refractivity contribution is -0.155. The average Bonchev–Trinajstić information content (AvgIpc) is 3.05. The van der Waals surface area contributed by atoms with Gasteiger partial charge in [-0.1, -0.05) is 39.8 Å². The van der Waals surface area contributed by atoms with E-state index in [-0.39, 0.29) is 56.9 Å². The van der Waals surface area contributed by atoms with E-state index < -0.39 is 59.3 Å². The molecule has 2 bridgehead atoms. The van der Waals surface area contributed by atoms with E-state index in [1.165, 1.54) is 0 Å². The Kier molecular flexibility index (Phi) is 18.2. The van der Waals surface area contributed by atoms with Crippen LogP contribution in [0.4, 0.5) is 4.79 Å². The Morgan fingerprint density at radius 1 is 1.02 bits per heavy atom. The zero-order chi connectivity index (χ0) is 38.8. The number of nitrogens with two attached hydrogens (primary N) is 2. The number of aliphatic imine (C=N–C) groups is 1. The van der Waals surface area contributed by atoms with Crippen LogP contribution in [0.3, 0.4) is 0 Å². The van der Waals surface area contributed by atoms with Gasteiger partial charge in [0, 0.05) is 26.1 Å². The van der Waals surface area contributed by atoms with Gasteiger partial charge in [0.25, 0.3) is 0 Å². The molecule has 0 saturated carbocycles. The number of nitrogens with one attached hydrogen (secondary N) is 4. The molecule has 0 fully saturated rings. The lowest BCUT2D eigenvalue weighted by Gasteiger charge is -2.29. The molecular formula is C37H61N7O8. The number of carbonyl (C=O) groups excluding carboxylic acids is 5. The number of alkyl carbamates (subject to hydrolysis) is 1. The van der Waals surface area contributed by atoms with Gasteiger partial charge in [0.1, 0.15) is 23.4 Å². The highest BCUT2D eigenvalue weighted by Gasteiger charge is 2.37. The van der Waals surface area contributed by atoms with Crippen LogP contribution in [0.1, 0.15) is 86.1 Å². The molecule has 2 aliphatic heterocycles. The summed E-state index contributed by atoms with van der Waals surface area (Å²) in [6.07, 6.45) is 1.29. The number of hydrogen-bond donors (Lipinski definition) is 6. The average molecular weight is 732 g/mol.